The number of nitrogens with one attached hydrogen (secondary N) is 1. The number of carbonyl (C=O) groups excluding carboxylic acids is 1. The van der Waals surface area contributed by atoms with E-state index < -0.39 is 11.1 Å². The van der Waals surface area contributed by atoms with Gasteiger partial charge in [0, 0.05) is 11.8 Å². The zero-order chi connectivity index (χ0) is 20.8. The van der Waals surface area contributed by atoms with Gasteiger partial charge >= 0.3 is 0 Å². The quantitative estimate of drug-likeness (QED) is 0.833. The number of fused-ring (bicyclic) bond motifs is 1. The van der Waals surface area contributed by atoms with E-state index in [1.807, 2.05) is 19.1 Å². The van der Waals surface area contributed by atoms with Crippen LogP contribution in [0.5, 0.6) is 0 Å². The number of aryl methyl sites for hydroxylation is 1. The Kier molecular flexibility index (Phi) is 4.38. The summed E-state index contributed by atoms with van der Waals surface area (Å²) in [7, 11) is 0. The molecular formula is C24H23FN4O. The highest BCUT2D eigenvalue weighted by molar-refractivity contribution is 6.10. The molecule has 6 heteroatoms. The smallest absolute Gasteiger partial charge is 0.252 e. The average molecular weight is 402 g/mol. The molecule has 0 saturated heterocycles. The molecule has 30 heavy (non-hydrogen) atoms. The number of carbonyl (C=O) groups is 1. The van der Waals surface area contributed by atoms with E-state index in [0.717, 1.165) is 54.9 Å². The fourth-order valence-electron chi connectivity index (χ4n) is 4.41. The van der Waals surface area contributed by atoms with E-state index in [4.69, 9.17) is 9.98 Å². The average Bonchev–Trinajstić information content (AvgIpc) is 3.54. The fourth-order valence-corrected chi connectivity index (χ4v) is 4.41. The first-order valence-electron chi connectivity index (χ1n) is 10.4. The number of nitrogens with zero attached hydrogens (tertiary/aromatic N) is 3. The normalized spacial score (nSPS) is 23.8. The number of hydrogen-bond donors (Lipinski definition) is 1. The third-order valence-electron chi connectivity index (χ3n) is 6.22. The van der Waals surface area contributed by atoms with Gasteiger partial charge in [-0.15, -0.1) is 0 Å². The maximum atomic E-state index is 13.2. The van der Waals surface area contributed by atoms with Crippen LogP contribution in [0.2, 0.25) is 0 Å². The van der Waals surface area contributed by atoms with Crippen molar-refractivity contribution in [3.63, 3.8) is 0 Å². The Hall–Kier alpha value is -3.15. The lowest BCUT2D eigenvalue weighted by atomic mass is 9.75. The van der Waals surface area contributed by atoms with Crippen LogP contribution in [0.15, 0.2) is 65.3 Å². The fraction of sp³-hybridized carbons (Fsp3) is 0.333. The summed E-state index contributed by atoms with van der Waals surface area (Å²) in [5.74, 6) is 0.162. The monoisotopic (exact) mass is 402 g/mol. The van der Waals surface area contributed by atoms with Crippen LogP contribution in [0.25, 0.3) is 0 Å². The molecule has 1 aromatic heterocycles. The second-order valence-electron chi connectivity index (χ2n) is 8.27. The van der Waals surface area contributed by atoms with E-state index in [1.165, 1.54) is 24.3 Å². The summed E-state index contributed by atoms with van der Waals surface area (Å²) in [6.07, 6.45) is 12.8. The molecule has 0 radical (unpaired) electrons. The van der Waals surface area contributed by atoms with E-state index in [1.54, 1.807) is 6.20 Å². The lowest BCUT2D eigenvalue weighted by Gasteiger charge is -2.38. The zero-order valence-corrected chi connectivity index (χ0v) is 16.9. The second kappa shape index (κ2) is 6.97. The first-order chi connectivity index (χ1) is 14.5. The van der Waals surface area contributed by atoms with Crippen LogP contribution in [0.1, 0.15) is 54.0 Å². The van der Waals surface area contributed by atoms with Crippen LogP contribution in [0.3, 0.4) is 0 Å². The summed E-state index contributed by atoms with van der Waals surface area (Å²) in [6, 6.07) is 7.57. The minimum absolute atomic E-state index is 0.208. The van der Waals surface area contributed by atoms with E-state index >= 15 is 0 Å². The third-order valence-corrected chi connectivity index (χ3v) is 6.22. The molecule has 2 aliphatic carbocycles. The SMILES string of the molecule is Cc1nccc(C23CCCC=C2C=CC(C2(NC(=O)c4ccc(F)cc4)CC2)=N3)n1. The van der Waals surface area contributed by atoms with Gasteiger partial charge in [-0.05, 0) is 81.0 Å². The highest BCUT2D eigenvalue weighted by Crippen LogP contribution is 2.47. The van der Waals surface area contributed by atoms with Crippen molar-refractivity contribution in [1.82, 2.24) is 15.3 Å². The molecule has 2 heterocycles. The molecule has 1 N–H and O–H groups in total. The summed E-state index contributed by atoms with van der Waals surface area (Å²) in [6.45, 7) is 1.89. The van der Waals surface area contributed by atoms with E-state index in [2.05, 4.69) is 22.5 Å². The standard InChI is InChI=1S/C24H23FN4O/c1-16-26-15-11-21(27-16)24-12-3-2-4-18(24)7-10-20(28-24)23(13-14-23)29-22(30)17-5-8-19(25)9-6-17/h4-11,15H,2-3,12-14H2,1H3,(H,29,30). The van der Waals surface area contributed by atoms with Crippen LogP contribution in [0.4, 0.5) is 4.39 Å². The molecule has 0 spiro atoms. The molecule has 1 fully saturated rings. The maximum absolute atomic E-state index is 13.2. The molecule has 5 rings (SSSR count). The minimum atomic E-state index is -0.522. The van der Waals surface area contributed by atoms with Gasteiger partial charge in [-0.25, -0.2) is 14.4 Å². The van der Waals surface area contributed by atoms with Gasteiger partial charge in [0.2, 0.25) is 0 Å². The summed E-state index contributed by atoms with van der Waals surface area (Å²) in [5.41, 5.74) is 2.40. The van der Waals surface area contributed by atoms with E-state index in [9.17, 15) is 9.18 Å². The van der Waals surface area contributed by atoms with Crippen molar-refractivity contribution in [2.75, 3.05) is 0 Å². The number of aliphatic imine (C=N–C) groups is 1. The minimum Gasteiger partial charge on any atom is -0.341 e. The van der Waals surface area contributed by atoms with Gasteiger partial charge in [-0.1, -0.05) is 12.2 Å². The number of amides is 1. The molecule has 0 bridgehead atoms. The van der Waals surface area contributed by atoms with Crippen LogP contribution >= 0.6 is 0 Å². The van der Waals surface area contributed by atoms with Crippen molar-refractivity contribution in [1.29, 1.82) is 0 Å². The number of halogens is 1. The van der Waals surface area contributed by atoms with Crippen molar-refractivity contribution in [2.45, 2.75) is 50.1 Å². The predicted molar refractivity (Wildman–Crippen MR) is 113 cm³/mol. The van der Waals surface area contributed by atoms with Gasteiger partial charge in [0.15, 0.2) is 0 Å². The van der Waals surface area contributed by atoms with Crippen LogP contribution in [0, 0.1) is 12.7 Å². The number of benzene rings is 1. The Morgan fingerprint density at radius 2 is 1.90 bits per heavy atom. The first kappa shape index (κ1) is 18.9. The Bertz CT molecular complexity index is 1100. The van der Waals surface area contributed by atoms with Gasteiger partial charge < -0.3 is 5.32 Å². The van der Waals surface area contributed by atoms with Crippen molar-refractivity contribution >= 4 is 11.6 Å². The highest BCUT2D eigenvalue weighted by atomic mass is 19.1. The van der Waals surface area contributed by atoms with Gasteiger partial charge in [-0.2, -0.15) is 0 Å². The Balaban J connectivity index is 1.50. The number of rotatable bonds is 4. The Labute approximate surface area is 174 Å². The molecule has 1 aliphatic heterocycles. The summed E-state index contributed by atoms with van der Waals surface area (Å²) in [5, 5.41) is 3.15. The molecule has 152 valence electrons. The highest BCUT2D eigenvalue weighted by Gasteiger charge is 2.51. The molecule has 2 aromatic rings. The van der Waals surface area contributed by atoms with E-state index in [0.29, 0.717) is 5.56 Å². The van der Waals surface area contributed by atoms with E-state index in [-0.39, 0.29) is 11.7 Å². The molecular weight excluding hydrogens is 379 g/mol. The predicted octanol–water partition coefficient (Wildman–Crippen LogP) is 4.20. The Morgan fingerprint density at radius 3 is 2.63 bits per heavy atom. The van der Waals surface area contributed by atoms with Gasteiger partial charge in [0.1, 0.15) is 17.2 Å². The molecule has 1 unspecified atom stereocenters. The van der Waals surface area contributed by atoms with Crippen LogP contribution in [-0.4, -0.2) is 27.1 Å². The first-order valence-corrected chi connectivity index (χ1v) is 10.4. The second-order valence-corrected chi connectivity index (χ2v) is 8.27. The lowest BCUT2D eigenvalue weighted by molar-refractivity contribution is 0.0943. The zero-order valence-electron chi connectivity index (χ0n) is 16.9. The van der Waals surface area contributed by atoms with Crippen molar-refractivity contribution < 1.29 is 9.18 Å². The summed E-state index contributed by atoms with van der Waals surface area (Å²) >= 11 is 0. The third kappa shape index (κ3) is 3.16. The lowest BCUT2D eigenvalue weighted by Crippen LogP contribution is -2.45. The van der Waals surface area contributed by atoms with Crippen molar-refractivity contribution in [2.24, 2.45) is 4.99 Å². The molecule has 1 saturated carbocycles. The molecule has 1 atom stereocenters. The van der Waals surface area contributed by atoms with Crippen LogP contribution < -0.4 is 5.32 Å². The van der Waals surface area contributed by atoms with Crippen molar-refractivity contribution in [3.05, 3.63) is 83.2 Å². The largest absolute Gasteiger partial charge is 0.341 e. The summed E-state index contributed by atoms with van der Waals surface area (Å²) < 4.78 is 13.2. The molecule has 1 amide bonds. The number of dihydropyridines is 1. The number of hydrogen-bond acceptors (Lipinski definition) is 4. The topological polar surface area (TPSA) is 67.2 Å². The number of aromatic nitrogens is 2. The maximum Gasteiger partial charge on any atom is 0.252 e. The molecule has 3 aliphatic rings. The van der Waals surface area contributed by atoms with Gasteiger partial charge in [-0.3, -0.25) is 9.79 Å². The van der Waals surface area contributed by atoms with Gasteiger partial charge in [0.25, 0.3) is 5.91 Å². The molecule has 5 nitrogen and oxygen atoms in total. The molecule has 1 aromatic carbocycles. The van der Waals surface area contributed by atoms with Crippen LogP contribution in [-0.2, 0) is 5.54 Å². The van der Waals surface area contributed by atoms with Gasteiger partial charge in [0.05, 0.1) is 16.9 Å². The summed E-state index contributed by atoms with van der Waals surface area (Å²) in [4.78, 5) is 27.0. The Morgan fingerprint density at radius 1 is 1.10 bits per heavy atom. The van der Waals surface area contributed by atoms with Crippen molar-refractivity contribution in [3.8, 4) is 0 Å². The number of allylic oxidation sites excluding steroid dienone is 1.